The van der Waals surface area contributed by atoms with Gasteiger partial charge in [-0.1, -0.05) is 12.8 Å². The van der Waals surface area contributed by atoms with Crippen molar-refractivity contribution in [2.75, 3.05) is 33.4 Å². The average molecular weight is 255 g/mol. The van der Waals surface area contributed by atoms with Gasteiger partial charge >= 0.3 is 0 Å². The maximum absolute atomic E-state index is 12.1. The fraction of sp³-hybridized carbons (Fsp3) is 0.929. The first-order valence-corrected chi connectivity index (χ1v) is 7.10. The Balaban J connectivity index is 1.76. The van der Waals surface area contributed by atoms with Crippen LogP contribution in [0.3, 0.4) is 0 Å². The summed E-state index contributed by atoms with van der Waals surface area (Å²) in [5.74, 6) is 0.627. The molecule has 1 N–H and O–H groups in total. The van der Waals surface area contributed by atoms with Crippen molar-refractivity contribution in [3.05, 3.63) is 0 Å². The van der Waals surface area contributed by atoms with Gasteiger partial charge in [-0.3, -0.25) is 9.69 Å². The van der Waals surface area contributed by atoms with Crippen LogP contribution in [0.15, 0.2) is 0 Å². The molecule has 0 atom stereocenters. The molecule has 1 aliphatic heterocycles. The van der Waals surface area contributed by atoms with Crippen LogP contribution in [0.1, 0.15) is 38.5 Å². The third-order valence-electron chi connectivity index (χ3n) is 4.22. The van der Waals surface area contributed by atoms with Gasteiger partial charge in [0.1, 0.15) is 5.78 Å². The minimum Gasteiger partial charge on any atom is -0.388 e. The van der Waals surface area contributed by atoms with Crippen LogP contribution in [0, 0.1) is 5.92 Å². The highest BCUT2D eigenvalue weighted by atomic mass is 16.5. The molecule has 104 valence electrons. The van der Waals surface area contributed by atoms with Crippen molar-refractivity contribution in [3.63, 3.8) is 0 Å². The van der Waals surface area contributed by atoms with Crippen LogP contribution in [0.2, 0.25) is 0 Å². The Bertz CT molecular complexity index is 281. The number of Topliss-reactive ketones (excluding diaryl/α,β-unsaturated/α-hetero) is 1. The zero-order chi connectivity index (χ0) is 13.0. The summed E-state index contributed by atoms with van der Waals surface area (Å²) in [5.41, 5.74) is -0.664. The zero-order valence-corrected chi connectivity index (χ0v) is 11.4. The Hall–Kier alpha value is -0.450. The lowest BCUT2D eigenvalue weighted by Gasteiger charge is -2.35. The van der Waals surface area contributed by atoms with Crippen LogP contribution in [-0.2, 0) is 9.53 Å². The first-order chi connectivity index (χ1) is 8.59. The Kier molecular flexibility index (Phi) is 4.76. The van der Waals surface area contributed by atoms with Crippen LogP contribution >= 0.6 is 0 Å². The van der Waals surface area contributed by atoms with Crippen LogP contribution in [-0.4, -0.2) is 54.7 Å². The van der Waals surface area contributed by atoms with Gasteiger partial charge in [-0.05, 0) is 19.9 Å². The molecule has 1 saturated heterocycles. The predicted molar refractivity (Wildman–Crippen MR) is 69.5 cm³/mol. The molecule has 0 unspecified atom stereocenters. The number of nitrogens with zero attached hydrogens (tertiary/aromatic N) is 1. The maximum atomic E-state index is 12.1. The van der Waals surface area contributed by atoms with E-state index in [1.807, 2.05) is 11.9 Å². The highest BCUT2D eigenvalue weighted by Gasteiger charge is 2.32. The van der Waals surface area contributed by atoms with Crippen molar-refractivity contribution in [3.8, 4) is 0 Å². The van der Waals surface area contributed by atoms with Crippen molar-refractivity contribution in [1.29, 1.82) is 0 Å². The highest BCUT2D eigenvalue weighted by molar-refractivity contribution is 5.83. The standard InChI is InChI=1S/C14H25NO3/c1-15(10-13(16)12-4-2-3-5-12)11-14(17)6-8-18-9-7-14/h12,17H,2-11H2,1H3. The Morgan fingerprint density at radius 3 is 2.56 bits per heavy atom. The Morgan fingerprint density at radius 1 is 1.33 bits per heavy atom. The summed E-state index contributed by atoms with van der Waals surface area (Å²) in [6.07, 6.45) is 5.86. The third-order valence-corrected chi connectivity index (χ3v) is 4.22. The molecule has 0 aromatic carbocycles. The normalized spacial score (nSPS) is 24.6. The second kappa shape index (κ2) is 6.13. The van der Waals surface area contributed by atoms with Gasteiger partial charge in [0.15, 0.2) is 0 Å². The monoisotopic (exact) mass is 255 g/mol. The lowest BCUT2D eigenvalue weighted by Crippen LogP contribution is -2.47. The van der Waals surface area contributed by atoms with Gasteiger partial charge in [-0.2, -0.15) is 0 Å². The van der Waals surface area contributed by atoms with Crippen molar-refractivity contribution < 1.29 is 14.6 Å². The van der Waals surface area contributed by atoms with E-state index in [4.69, 9.17) is 4.74 Å². The number of hydrogen-bond acceptors (Lipinski definition) is 4. The second-order valence-corrected chi connectivity index (χ2v) is 5.96. The van der Waals surface area contributed by atoms with Crippen LogP contribution in [0.4, 0.5) is 0 Å². The van der Waals surface area contributed by atoms with E-state index < -0.39 is 5.60 Å². The molecule has 18 heavy (non-hydrogen) atoms. The minimum atomic E-state index is -0.664. The van der Waals surface area contributed by atoms with Gasteiger partial charge < -0.3 is 9.84 Å². The van der Waals surface area contributed by atoms with E-state index in [0.717, 1.165) is 12.8 Å². The second-order valence-electron chi connectivity index (χ2n) is 5.96. The number of aliphatic hydroxyl groups is 1. The number of ketones is 1. The molecule has 0 bridgehead atoms. The van der Waals surface area contributed by atoms with Gasteiger partial charge in [-0.15, -0.1) is 0 Å². The molecule has 0 spiro atoms. The molecule has 0 aromatic rings. The van der Waals surface area contributed by atoms with Crippen molar-refractivity contribution in [1.82, 2.24) is 4.90 Å². The molecule has 0 amide bonds. The van der Waals surface area contributed by atoms with E-state index >= 15 is 0 Å². The molecule has 4 heteroatoms. The van der Waals surface area contributed by atoms with Gasteiger partial charge in [0.05, 0.1) is 12.1 Å². The molecule has 2 aliphatic rings. The average Bonchev–Trinajstić information content (AvgIpc) is 2.82. The third kappa shape index (κ3) is 3.77. The van der Waals surface area contributed by atoms with Crippen LogP contribution in [0.5, 0.6) is 0 Å². The number of carbonyl (C=O) groups excluding carboxylic acids is 1. The fourth-order valence-corrected chi connectivity index (χ4v) is 3.11. The molecule has 1 aliphatic carbocycles. The molecule has 1 heterocycles. The molecular formula is C14H25NO3. The first-order valence-electron chi connectivity index (χ1n) is 7.10. The summed E-state index contributed by atoms with van der Waals surface area (Å²) in [6.45, 7) is 2.31. The number of carbonyl (C=O) groups is 1. The van der Waals surface area contributed by atoms with Crippen molar-refractivity contribution in [2.45, 2.75) is 44.1 Å². The fourth-order valence-electron chi connectivity index (χ4n) is 3.11. The molecule has 2 fully saturated rings. The number of ether oxygens (including phenoxy) is 1. The Morgan fingerprint density at radius 2 is 1.94 bits per heavy atom. The molecule has 4 nitrogen and oxygen atoms in total. The largest absolute Gasteiger partial charge is 0.388 e. The molecule has 2 rings (SSSR count). The van der Waals surface area contributed by atoms with E-state index in [1.165, 1.54) is 12.8 Å². The lowest BCUT2D eigenvalue weighted by atomic mass is 9.93. The smallest absolute Gasteiger partial charge is 0.149 e. The number of hydrogen-bond donors (Lipinski definition) is 1. The van der Waals surface area contributed by atoms with Gasteiger partial charge in [0, 0.05) is 38.5 Å². The van der Waals surface area contributed by atoms with E-state index in [1.54, 1.807) is 0 Å². The van der Waals surface area contributed by atoms with Crippen LogP contribution in [0.25, 0.3) is 0 Å². The molecule has 0 aromatic heterocycles. The Labute approximate surface area is 109 Å². The van der Waals surface area contributed by atoms with Gasteiger partial charge in [0.25, 0.3) is 0 Å². The van der Waals surface area contributed by atoms with Crippen molar-refractivity contribution in [2.24, 2.45) is 5.92 Å². The van der Waals surface area contributed by atoms with Crippen LogP contribution < -0.4 is 0 Å². The van der Waals surface area contributed by atoms with E-state index in [2.05, 4.69) is 0 Å². The van der Waals surface area contributed by atoms with Gasteiger partial charge in [0.2, 0.25) is 0 Å². The van der Waals surface area contributed by atoms with E-state index in [9.17, 15) is 9.90 Å². The maximum Gasteiger partial charge on any atom is 0.149 e. The predicted octanol–water partition coefficient (Wildman–Crippen LogP) is 1.22. The SMILES string of the molecule is CN(CC(=O)C1CCCC1)CC1(O)CCOCC1. The summed E-state index contributed by atoms with van der Waals surface area (Å²) in [4.78, 5) is 14.0. The summed E-state index contributed by atoms with van der Waals surface area (Å²) in [5, 5.41) is 10.4. The summed E-state index contributed by atoms with van der Waals surface area (Å²) >= 11 is 0. The van der Waals surface area contributed by atoms with Crippen molar-refractivity contribution >= 4 is 5.78 Å². The summed E-state index contributed by atoms with van der Waals surface area (Å²) in [6, 6.07) is 0. The molecule has 1 saturated carbocycles. The quantitative estimate of drug-likeness (QED) is 0.802. The summed E-state index contributed by atoms with van der Waals surface area (Å²) in [7, 11) is 1.93. The zero-order valence-electron chi connectivity index (χ0n) is 11.4. The summed E-state index contributed by atoms with van der Waals surface area (Å²) < 4.78 is 5.26. The lowest BCUT2D eigenvalue weighted by molar-refractivity contribution is -0.125. The minimum absolute atomic E-state index is 0.275. The number of rotatable bonds is 5. The van der Waals surface area contributed by atoms with E-state index in [-0.39, 0.29) is 5.92 Å². The first kappa shape index (κ1) is 14.0. The van der Waals surface area contributed by atoms with E-state index in [0.29, 0.717) is 44.9 Å². The molecular weight excluding hydrogens is 230 g/mol. The van der Waals surface area contributed by atoms with Gasteiger partial charge in [-0.25, -0.2) is 0 Å². The highest BCUT2D eigenvalue weighted by Crippen LogP contribution is 2.26. The molecule has 0 radical (unpaired) electrons. The topological polar surface area (TPSA) is 49.8 Å². The number of likely N-dealkylation sites (N-methyl/N-ethyl adjacent to an activating group) is 1.